The number of nitrogens with one attached hydrogen (secondary N) is 1. The molecule has 3 N–H and O–H groups in total. The van der Waals surface area contributed by atoms with E-state index in [9.17, 15) is 0 Å². The minimum Gasteiger partial charge on any atom is -0.329 e. The maximum absolute atomic E-state index is 6.03. The van der Waals surface area contributed by atoms with Crippen LogP contribution in [0.3, 0.4) is 0 Å². The van der Waals surface area contributed by atoms with Crippen molar-refractivity contribution in [2.45, 2.75) is 52.0 Å². The van der Waals surface area contributed by atoms with Gasteiger partial charge < -0.3 is 11.1 Å². The molecule has 16 heavy (non-hydrogen) atoms. The summed E-state index contributed by atoms with van der Waals surface area (Å²) in [6.07, 6.45) is 9.35. The first kappa shape index (κ1) is 13.7. The van der Waals surface area contributed by atoms with Gasteiger partial charge in [-0.15, -0.1) is 0 Å². The molecule has 1 saturated carbocycles. The second-order valence-electron chi connectivity index (χ2n) is 5.43. The van der Waals surface area contributed by atoms with Gasteiger partial charge in [-0.1, -0.05) is 32.4 Å². The van der Waals surface area contributed by atoms with E-state index in [4.69, 9.17) is 5.73 Å². The van der Waals surface area contributed by atoms with Crippen molar-refractivity contribution in [3.8, 4) is 0 Å². The van der Waals surface area contributed by atoms with Crippen LogP contribution in [0.5, 0.6) is 0 Å². The van der Waals surface area contributed by atoms with Gasteiger partial charge in [0, 0.05) is 12.1 Å². The third kappa shape index (κ3) is 3.33. The van der Waals surface area contributed by atoms with E-state index in [-0.39, 0.29) is 5.54 Å². The molecule has 2 heteroatoms. The van der Waals surface area contributed by atoms with Crippen molar-refractivity contribution in [1.82, 2.24) is 5.32 Å². The van der Waals surface area contributed by atoms with Crippen LogP contribution < -0.4 is 11.1 Å². The molecule has 0 amide bonds. The van der Waals surface area contributed by atoms with Crippen LogP contribution in [0.2, 0.25) is 0 Å². The van der Waals surface area contributed by atoms with Gasteiger partial charge in [0.1, 0.15) is 0 Å². The van der Waals surface area contributed by atoms with Crippen LogP contribution in [0, 0.1) is 11.8 Å². The van der Waals surface area contributed by atoms with E-state index in [1.807, 2.05) is 0 Å². The molecular weight excluding hydrogens is 196 g/mol. The minimum absolute atomic E-state index is 0.194. The summed E-state index contributed by atoms with van der Waals surface area (Å²) in [5.74, 6) is 1.52. The molecule has 94 valence electrons. The van der Waals surface area contributed by atoms with Gasteiger partial charge in [-0.25, -0.2) is 0 Å². The highest BCUT2D eigenvalue weighted by molar-refractivity contribution is 4.98. The van der Waals surface area contributed by atoms with Crippen molar-refractivity contribution in [1.29, 1.82) is 0 Å². The van der Waals surface area contributed by atoms with Crippen LogP contribution in [-0.2, 0) is 0 Å². The van der Waals surface area contributed by atoms with Gasteiger partial charge in [-0.3, -0.25) is 0 Å². The Morgan fingerprint density at radius 3 is 2.75 bits per heavy atom. The maximum atomic E-state index is 6.03. The number of hydrogen-bond acceptors (Lipinski definition) is 2. The van der Waals surface area contributed by atoms with E-state index in [1.165, 1.54) is 19.3 Å². The van der Waals surface area contributed by atoms with Crippen LogP contribution in [0.25, 0.3) is 0 Å². The zero-order chi connectivity index (χ0) is 12.0. The molecule has 0 radical (unpaired) electrons. The SMILES string of the molecule is C/C=C/CCNC1(CN)CC(C)CCC1C. The second-order valence-corrected chi connectivity index (χ2v) is 5.43. The molecule has 0 aromatic heterocycles. The molecular formula is C14H28N2. The summed E-state index contributed by atoms with van der Waals surface area (Å²) in [4.78, 5) is 0. The van der Waals surface area contributed by atoms with Gasteiger partial charge in [-0.2, -0.15) is 0 Å². The summed E-state index contributed by atoms with van der Waals surface area (Å²) < 4.78 is 0. The predicted molar refractivity (Wildman–Crippen MR) is 71.4 cm³/mol. The summed E-state index contributed by atoms with van der Waals surface area (Å²) in [7, 11) is 0. The van der Waals surface area contributed by atoms with Gasteiger partial charge in [0.15, 0.2) is 0 Å². The highest BCUT2D eigenvalue weighted by Gasteiger charge is 2.38. The molecule has 1 aliphatic rings. The lowest BCUT2D eigenvalue weighted by Crippen LogP contribution is -2.58. The summed E-state index contributed by atoms with van der Waals surface area (Å²) in [6.45, 7) is 8.60. The summed E-state index contributed by atoms with van der Waals surface area (Å²) >= 11 is 0. The Morgan fingerprint density at radius 1 is 1.38 bits per heavy atom. The standard InChI is InChI=1S/C14H28N2/c1-4-5-6-9-16-14(11-15)10-12(2)7-8-13(14)3/h4-5,12-13,16H,6-11,15H2,1-3H3/b5-4+. The molecule has 2 nitrogen and oxygen atoms in total. The fraction of sp³-hybridized carbons (Fsp3) is 0.857. The molecule has 3 atom stereocenters. The van der Waals surface area contributed by atoms with Crippen LogP contribution in [0.4, 0.5) is 0 Å². The molecule has 1 fully saturated rings. The molecule has 0 aromatic carbocycles. The van der Waals surface area contributed by atoms with E-state index in [2.05, 4.69) is 38.2 Å². The minimum atomic E-state index is 0.194. The molecule has 1 aliphatic carbocycles. The first-order valence-electron chi connectivity index (χ1n) is 6.71. The largest absolute Gasteiger partial charge is 0.329 e. The highest BCUT2D eigenvalue weighted by Crippen LogP contribution is 2.36. The van der Waals surface area contributed by atoms with Crippen molar-refractivity contribution < 1.29 is 0 Å². The summed E-state index contributed by atoms with van der Waals surface area (Å²) in [6, 6.07) is 0. The quantitative estimate of drug-likeness (QED) is 0.556. The lowest BCUT2D eigenvalue weighted by molar-refractivity contribution is 0.127. The van der Waals surface area contributed by atoms with Crippen molar-refractivity contribution in [2.75, 3.05) is 13.1 Å². The van der Waals surface area contributed by atoms with E-state index in [0.29, 0.717) is 5.92 Å². The molecule has 0 spiro atoms. The first-order chi connectivity index (χ1) is 7.64. The molecule has 0 aliphatic heterocycles. The summed E-state index contributed by atoms with van der Waals surface area (Å²) in [5, 5.41) is 3.72. The second kappa shape index (κ2) is 6.41. The van der Waals surface area contributed by atoms with Crippen molar-refractivity contribution in [3.63, 3.8) is 0 Å². The Labute approximate surface area is 101 Å². The number of hydrogen-bond donors (Lipinski definition) is 2. The monoisotopic (exact) mass is 224 g/mol. The Hall–Kier alpha value is -0.340. The van der Waals surface area contributed by atoms with Crippen LogP contribution in [0.15, 0.2) is 12.2 Å². The van der Waals surface area contributed by atoms with Gasteiger partial charge in [-0.05, 0) is 44.6 Å². The Kier molecular flexibility index (Phi) is 5.50. The average molecular weight is 224 g/mol. The Balaban J connectivity index is 2.52. The van der Waals surface area contributed by atoms with Crippen LogP contribution >= 0.6 is 0 Å². The van der Waals surface area contributed by atoms with E-state index >= 15 is 0 Å². The topological polar surface area (TPSA) is 38.0 Å². The molecule has 3 unspecified atom stereocenters. The molecule has 0 bridgehead atoms. The highest BCUT2D eigenvalue weighted by atomic mass is 15.0. The van der Waals surface area contributed by atoms with Crippen LogP contribution in [-0.4, -0.2) is 18.6 Å². The smallest absolute Gasteiger partial charge is 0.0332 e. The van der Waals surface area contributed by atoms with Gasteiger partial charge >= 0.3 is 0 Å². The number of rotatable bonds is 5. The Bertz CT molecular complexity index is 225. The maximum Gasteiger partial charge on any atom is 0.0332 e. The lowest BCUT2D eigenvalue weighted by Gasteiger charge is -2.45. The van der Waals surface area contributed by atoms with Gasteiger partial charge in [0.25, 0.3) is 0 Å². The van der Waals surface area contributed by atoms with Crippen molar-refractivity contribution in [3.05, 3.63) is 12.2 Å². The van der Waals surface area contributed by atoms with Gasteiger partial charge in [0.2, 0.25) is 0 Å². The lowest BCUT2D eigenvalue weighted by atomic mass is 9.69. The average Bonchev–Trinajstić information content (AvgIpc) is 2.29. The zero-order valence-electron chi connectivity index (χ0n) is 11.1. The van der Waals surface area contributed by atoms with E-state index in [1.54, 1.807) is 0 Å². The van der Waals surface area contributed by atoms with E-state index in [0.717, 1.165) is 25.4 Å². The first-order valence-corrected chi connectivity index (χ1v) is 6.71. The third-order valence-electron chi connectivity index (χ3n) is 4.14. The van der Waals surface area contributed by atoms with E-state index < -0.39 is 0 Å². The fourth-order valence-corrected chi connectivity index (χ4v) is 2.91. The van der Waals surface area contributed by atoms with Crippen molar-refractivity contribution in [2.24, 2.45) is 17.6 Å². The molecule has 0 heterocycles. The predicted octanol–water partition coefficient (Wildman–Crippen LogP) is 2.70. The van der Waals surface area contributed by atoms with Crippen molar-refractivity contribution >= 4 is 0 Å². The summed E-state index contributed by atoms with van der Waals surface area (Å²) in [5.41, 5.74) is 6.22. The molecule has 1 rings (SSSR count). The Morgan fingerprint density at radius 2 is 2.12 bits per heavy atom. The zero-order valence-corrected chi connectivity index (χ0v) is 11.1. The number of nitrogens with two attached hydrogens (primary N) is 1. The third-order valence-corrected chi connectivity index (χ3v) is 4.14. The number of allylic oxidation sites excluding steroid dienone is 1. The fourth-order valence-electron chi connectivity index (χ4n) is 2.91. The van der Waals surface area contributed by atoms with Crippen LogP contribution in [0.1, 0.15) is 46.5 Å². The van der Waals surface area contributed by atoms with Gasteiger partial charge in [0.05, 0.1) is 0 Å². The molecule has 0 aromatic rings. The molecule has 0 saturated heterocycles. The normalized spacial score (nSPS) is 35.8.